The molecule has 0 saturated carbocycles. The summed E-state index contributed by atoms with van der Waals surface area (Å²) < 4.78 is 41.6. The smallest absolute Gasteiger partial charge is 0.387 e. The van der Waals surface area contributed by atoms with Crippen LogP contribution in [0.2, 0.25) is 0 Å². The third-order valence-corrected chi connectivity index (χ3v) is 2.21. The van der Waals surface area contributed by atoms with Crippen molar-refractivity contribution in [1.29, 1.82) is 0 Å². The Morgan fingerprint density at radius 2 is 2.07 bits per heavy atom. The molecule has 1 aromatic rings. The van der Waals surface area contributed by atoms with Crippen LogP contribution in [0.15, 0.2) is 12.1 Å². The number of halogens is 4. The van der Waals surface area contributed by atoms with Gasteiger partial charge in [-0.25, -0.2) is 4.39 Å². The van der Waals surface area contributed by atoms with Crippen LogP contribution in [0.4, 0.5) is 13.2 Å². The summed E-state index contributed by atoms with van der Waals surface area (Å²) in [5, 5.41) is 0. The van der Waals surface area contributed by atoms with Gasteiger partial charge in [0.25, 0.3) is 0 Å². The number of ether oxygens (including phenoxy) is 1. The maximum atomic E-state index is 13.3. The molecule has 6 heteroatoms. The molecule has 2 nitrogen and oxygen atoms in total. The highest BCUT2D eigenvalue weighted by atomic mass is 127. The van der Waals surface area contributed by atoms with E-state index in [2.05, 4.69) is 4.74 Å². The number of carbonyl (C=O) groups excluding carboxylic acids is 1. The van der Waals surface area contributed by atoms with E-state index in [1.807, 2.05) is 0 Å². The molecular formula is C9H6F3IO2. The molecule has 1 rings (SSSR count). The highest BCUT2D eigenvalue weighted by molar-refractivity contribution is 14.1. The SMILES string of the molecule is CC(=O)c1c(F)cc(I)cc1OC(F)F. The van der Waals surface area contributed by atoms with Crippen LogP contribution in [-0.4, -0.2) is 12.4 Å². The summed E-state index contributed by atoms with van der Waals surface area (Å²) in [7, 11) is 0. The molecule has 0 unspecified atom stereocenters. The van der Waals surface area contributed by atoms with Crippen molar-refractivity contribution in [3.8, 4) is 5.75 Å². The van der Waals surface area contributed by atoms with Gasteiger partial charge in [-0.3, -0.25) is 4.79 Å². The van der Waals surface area contributed by atoms with E-state index in [9.17, 15) is 18.0 Å². The molecule has 0 aliphatic rings. The molecular weight excluding hydrogens is 324 g/mol. The largest absolute Gasteiger partial charge is 0.434 e. The zero-order valence-electron chi connectivity index (χ0n) is 7.56. The van der Waals surface area contributed by atoms with Crippen molar-refractivity contribution in [3.63, 3.8) is 0 Å². The van der Waals surface area contributed by atoms with Crippen LogP contribution in [0.5, 0.6) is 5.75 Å². The van der Waals surface area contributed by atoms with Crippen molar-refractivity contribution in [2.75, 3.05) is 0 Å². The molecule has 0 saturated heterocycles. The molecule has 0 radical (unpaired) electrons. The maximum absolute atomic E-state index is 13.3. The molecule has 0 spiro atoms. The van der Waals surface area contributed by atoms with Gasteiger partial charge in [0.15, 0.2) is 5.78 Å². The number of hydrogen-bond acceptors (Lipinski definition) is 2. The fourth-order valence-electron chi connectivity index (χ4n) is 1.08. The van der Waals surface area contributed by atoms with Crippen molar-refractivity contribution < 1.29 is 22.7 Å². The lowest BCUT2D eigenvalue weighted by Crippen LogP contribution is -2.08. The van der Waals surface area contributed by atoms with Gasteiger partial charge in [0.05, 0.1) is 5.56 Å². The first-order chi connectivity index (χ1) is 6.91. The average molecular weight is 330 g/mol. The summed E-state index contributed by atoms with van der Waals surface area (Å²) in [6, 6.07) is 2.27. The van der Waals surface area contributed by atoms with Gasteiger partial charge in [0.2, 0.25) is 0 Å². The Morgan fingerprint density at radius 1 is 1.47 bits per heavy atom. The first-order valence-electron chi connectivity index (χ1n) is 3.86. The lowest BCUT2D eigenvalue weighted by Gasteiger charge is -2.09. The number of hydrogen-bond donors (Lipinski definition) is 0. The first kappa shape index (κ1) is 12.3. The molecule has 0 N–H and O–H groups in total. The van der Waals surface area contributed by atoms with E-state index < -0.39 is 29.5 Å². The summed E-state index contributed by atoms with van der Waals surface area (Å²) in [6.45, 7) is -2.00. The zero-order chi connectivity index (χ0) is 11.6. The van der Waals surface area contributed by atoms with Gasteiger partial charge in [-0.05, 0) is 41.6 Å². The quantitative estimate of drug-likeness (QED) is 0.628. The van der Waals surface area contributed by atoms with Crippen LogP contribution < -0.4 is 4.74 Å². The minimum absolute atomic E-state index is 0.380. The molecule has 0 aromatic heterocycles. The normalized spacial score (nSPS) is 10.5. The van der Waals surface area contributed by atoms with Crippen molar-refractivity contribution >= 4 is 28.4 Å². The van der Waals surface area contributed by atoms with Crippen molar-refractivity contribution in [2.24, 2.45) is 0 Å². The van der Waals surface area contributed by atoms with E-state index in [4.69, 9.17) is 0 Å². The van der Waals surface area contributed by atoms with Crippen LogP contribution in [0.25, 0.3) is 0 Å². The van der Waals surface area contributed by atoms with Gasteiger partial charge in [0.1, 0.15) is 11.6 Å². The lowest BCUT2D eigenvalue weighted by molar-refractivity contribution is -0.0503. The Morgan fingerprint density at radius 3 is 2.53 bits per heavy atom. The number of alkyl halides is 2. The van der Waals surface area contributed by atoms with Gasteiger partial charge in [-0.15, -0.1) is 0 Å². The topological polar surface area (TPSA) is 26.3 Å². The van der Waals surface area contributed by atoms with E-state index in [1.54, 1.807) is 22.6 Å². The molecule has 1 aromatic carbocycles. The molecule has 0 amide bonds. The van der Waals surface area contributed by atoms with Crippen molar-refractivity contribution in [1.82, 2.24) is 0 Å². The van der Waals surface area contributed by atoms with Crippen molar-refractivity contribution in [2.45, 2.75) is 13.5 Å². The fourth-order valence-corrected chi connectivity index (χ4v) is 1.64. The minimum Gasteiger partial charge on any atom is -0.434 e. The molecule has 0 fully saturated rings. The first-order valence-corrected chi connectivity index (χ1v) is 4.94. The van der Waals surface area contributed by atoms with Crippen LogP contribution in [0.1, 0.15) is 17.3 Å². The summed E-state index contributed by atoms with van der Waals surface area (Å²) >= 11 is 1.74. The number of Topliss-reactive ketones (excluding diaryl/α,β-unsaturated/α-hetero) is 1. The fraction of sp³-hybridized carbons (Fsp3) is 0.222. The zero-order valence-corrected chi connectivity index (χ0v) is 9.72. The van der Waals surface area contributed by atoms with Crippen LogP contribution in [0, 0.1) is 9.39 Å². The molecule has 0 aliphatic carbocycles. The minimum atomic E-state index is -3.08. The Labute approximate surface area is 97.6 Å². The Kier molecular flexibility index (Phi) is 3.95. The molecule has 0 aliphatic heterocycles. The molecule has 15 heavy (non-hydrogen) atoms. The maximum Gasteiger partial charge on any atom is 0.387 e. The van der Waals surface area contributed by atoms with Crippen LogP contribution >= 0.6 is 22.6 Å². The summed E-state index contributed by atoms with van der Waals surface area (Å²) in [6.07, 6.45) is 0. The number of rotatable bonds is 3. The predicted molar refractivity (Wildman–Crippen MR) is 55.8 cm³/mol. The second-order valence-corrected chi connectivity index (χ2v) is 3.94. The van der Waals surface area contributed by atoms with Gasteiger partial charge in [-0.1, -0.05) is 0 Å². The molecule has 0 bridgehead atoms. The van der Waals surface area contributed by atoms with Crippen LogP contribution in [-0.2, 0) is 0 Å². The van der Waals surface area contributed by atoms with E-state index in [-0.39, 0.29) is 0 Å². The van der Waals surface area contributed by atoms with E-state index in [1.165, 1.54) is 6.07 Å². The summed E-state index contributed by atoms with van der Waals surface area (Å²) in [4.78, 5) is 11.0. The Bertz CT molecular complexity index is 393. The second-order valence-electron chi connectivity index (χ2n) is 2.70. The monoisotopic (exact) mass is 330 g/mol. The third-order valence-electron chi connectivity index (χ3n) is 1.59. The average Bonchev–Trinajstić information content (AvgIpc) is 1.99. The van der Waals surface area contributed by atoms with Gasteiger partial charge >= 0.3 is 6.61 Å². The van der Waals surface area contributed by atoms with Crippen LogP contribution in [0.3, 0.4) is 0 Å². The number of ketones is 1. The summed E-state index contributed by atoms with van der Waals surface area (Å²) in [5.74, 6) is -1.94. The highest BCUT2D eigenvalue weighted by Crippen LogP contribution is 2.26. The second kappa shape index (κ2) is 4.82. The third kappa shape index (κ3) is 3.08. The highest BCUT2D eigenvalue weighted by Gasteiger charge is 2.18. The summed E-state index contributed by atoms with van der Waals surface area (Å²) in [5.41, 5.74) is -0.448. The Hall–Kier alpha value is -0.790. The standard InChI is InChI=1S/C9H6F3IO2/c1-4(14)8-6(10)2-5(13)3-7(8)15-9(11)12/h2-3,9H,1H3. The number of benzene rings is 1. The van der Waals surface area contributed by atoms with Gasteiger partial charge in [0, 0.05) is 3.57 Å². The Balaban J connectivity index is 3.27. The van der Waals surface area contributed by atoms with Gasteiger partial charge in [-0.2, -0.15) is 8.78 Å². The lowest BCUT2D eigenvalue weighted by atomic mass is 10.1. The van der Waals surface area contributed by atoms with Gasteiger partial charge < -0.3 is 4.74 Å². The molecule has 0 heterocycles. The van der Waals surface area contributed by atoms with E-state index in [0.717, 1.165) is 13.0 Å². The van der Waals surface area contributed by atoms with Crippen molar-refractivity contribution in [3.05, 3.63) is 27.1 Å². The predicted octanol–water partition coefficient (Wildman–Crippen LogP) is 3.23. The van der Waals surface area contributed by atoms with E-state index in [0.29, 0.717) is 3.57 Å². The number of carbonyl (C=O) groups is 1. The molecule has 0 atom stereocenters. The van der Waals surface area contributed by atoms with E-state index >= 15 is 0 Å². The molecule has 82 valence electrons.